The first-order valence-corrected chi connectivity index (χ1v) is 5.10. The summed E-state index contributed by atoms with van der Waals surface area (Å²) in [4.78, 5) is 11.1. The van der Waals surface area contributed by atoms with Crippen molar-refractivity contribution < 1.29 is 4.79 Å². The lowest BCUT2D eigenvalue weighted by Gasteiger charge is -2.10. The van der Waals surface area contributed by atoms with Gasteiger partial charge in [0.15, 0.2) is 0 Å². The van der Waals surface area contributed by atoms with Gasteiger partial charge in [0.05, 0.1) is 12.2 Å². The second kappa shape index (κ2) is 4.57. The molecule has 3 N–H and O–H groups in total. The Labute approximate surface area is 91.8 Å². The Bertz CT molecular complexity index is 340. The molecular weight excluding hydrogens is 244 g/mol. The summed E-state index contributed by atoms with van der Waals surface area (Å²) in [5.41, 5.74) is 8.20. The number of nitrogens with one attached hydrogen (secondary N) is 1. The molecule has 3 nitrogen and oxygen atoms in total. The molecule has 1 amide bonds. The average molecular weight is 257 g/mol. The summed E-state index contributed by atoms with van der Waals surface area (Å²) in [6.45, 7) is 3.95. The molecule has 0 unspecified atom stereocenters. The number of rotatable bonds is 2. The predicted molar refractivity (Wildman–Crippen MR) is 61.3 cm³/mol. The molecule has 0 aromatic heterocycles. The van der Waals surface area contributed by atoms with E-state index in [4.69, 9.17) is 5.73 Å². The van der Waals surface area contributed by atoms with Crippen LogP contribution in [0.15, 0.2) is 16.6 Å². The number of halogens is 1. The van der Waals surface area contributed by atoms with Crippen molar-refractivity contribution >= 4 is 27.5 Å². The Morgan fingerprint density at radius 2 is 2.14 bits per heavy atom. The minimum atomic E-state index is -0.183. The van der Waals surface area contributed by atoms with E-state index >= 15 is 0 Å². The summed E-state index contributed by atoms with van der Waals surface area (Å²) in [5.74, 6) is -0.183. The lowest BCUT2D eigenvalue weighted by atomic mass is 10.1. The van der Waals surface area contributed by atoms with Gasteiger partial charge in [0.1, 0.15) is 0 Å². The third kappa shape index (κ3) is 2.56. The zero-order valence-corrected chi connectivity index (χ0v) is 9.81. The molecule has 0 aliphatic carbocycles. The molecule has 0 radical (unpaired) electrons. The molecule has 0 aliphatic heterocycles. The molecule has 0 saturated carbocycles. The van der Waals surface area contributed by atoms with Gasteiger partial charge in [-0.25, -0.2) is 0 Å². The summed E-state index contributed by atoms with van der Waals surface area (Å²) >= 11 is 3.40. The third-order valence-electron chi connectivity index (χ3n) is 1.88. The molecule has 0 fully saturated rings. The van der Waals surface area contributed by atoms with Crippen molar-refractivity contribution in [1.29, 1.82) is 0 Å². The Kier molecular flexibility index (Phi) is 3.66. The molecule has 1 aromatic carbocycles. The van der Waals surface area contributed by atoms with Crippen LogP contribution < -0.4 is 11.1 Å². The highest BCUT2D eigenvalue weighted by Gasteiger charge is 2.07. The molecule has 76 valence electrons. The van der Waals surface area contributed by atoms with E-state index in [-0.39, 0.29) is 12.5 Å². The highest BCUT2D eigenvalue weighted by molar-refractivity contribution is 9.10. The van der Waals surface area contributed by atoms with Crippen LogP contribution in [0.1, 0.15) is 11.1 Å². The maximum atomic E-state index is 11.1. The summed E-state index contributed by atoms with van der Waals surface area (Å²) in [6.07, 6.45) is 0. The molecule has 0 spiro atoms. The summed E-state index contributed by atoms with van der Waals surface area (Å²) in [7, 11) is 0. The van der Waals surface area contributed by atoms with E-state index in [9.17, 15) is 4.79 Å². The van der Waals surface area contributed by atoms with Gasteiger partial charge < -0.3 is 11.1 Å². The van der Waals surface area contributed by atoms with Crippen LogP contribution >= 0.6 is 15.9 Å². The van der Waals surface area contributed by atoms with Crippen molar-refractivity contribution in [1.82, 2.24) is 0 Å². The van der Waals surface area contributed by atoms with Crippen LogP contribution in [0.25, 0.3) is 0 Å². The second-order valence-corrected chi connectivity index (χ2v) is 4.05. The van der Waals surface area contributed by atoms with Crippen molar-refractivity contribution in [2.75, 3.05) is 11.9 Å². The van der Waals surface area contributed by atoms with E-state index in [0.29, 0.717) is 0 Å². The maximum Gasteiger partial charge on any atom is 0.238 e. The lowest BCUT2D eigenvalue weighted by molar-refractivity contribution is -0.114. The predicted octanol–water partition coefficient (Wildman–Crippen LogP) is 1.96. The van der Waals surface area contributed by atoms with Gasteiger partial charge in [-0.3, -0.25) is 4.79 Å². The number of carbonyl (C=O) groups excluding carboxylic acids is 1. The number of hydrogen-bond acceptors (Lipinski definition) is 2. The number of amides is 1. The smallest absolute Gasteiger partial charge is 0.238 e. The molecule has 4 heteroatoms. The number of benzene rings is 1. The van der Waals surface area contributed by atoms with Crippen LogP contribution in [0, 0.1) is 13.8 Å². The van der Waals surface area contributed by atoms with Gasteiger partial charge in [0.2, 0.25) is 5.91 Å². The van der Waals surface area contributed by atoms with Crippen molar-refractivity contribution in [3.8, 4) is 0 Å². The zero-order chi connectivity index (χ0) is 10.7. The molecule has 1 rings (SSSR count). The minimum absolute atomic E-state index is 0.000242. The second-order valence-electron chi connectivity index (χ2n) is 3.19. The monoisotopic (exact) mass is 256 g/mol. The molecule has 0 heterocycles. The molecule has 14 heavy (non-hydrogen) atoms. The summed E-state index contributed by atoms with van der Waals surface area (Å²) in [6, 6.07) is 3.97. The first kappa shape index (κ1) is 11.2. The quantitative estimate of drug-likeness (QED) is 0.850. The first-order chi connectivity index (χ1) is 6.54. The molecule has 0 bridgehead atoms. The fourth-order valence-corrected chi connectivity index (χ4v) is 2.04. The van der Waals surface area contributed by atoms with Gasteiger partial charge in [-0.15, -0.1) is 0 Å². The van der Waals surface area contributed by atoms with E-state index in [1.54, 1.807) is 0 Å². The van der Waals surface area contributed by atoms with Gasteiger partial charge in [-0.1, -0.05) is 6.07 Å². The largest absolute Gasteiger partial charge is 0.324 e. The maximum absolute atomic E-state index is 11.1. The molecule has 1 aromatic rings. The summed E-state index contributed by atoms with van der Waals surface area (Å²) < 4.78 is 0.886. The van der Waals surface area contributed by atoms with Crippen molar-refractivity contribution in [3.05, 3.63) is 27.7 Å². The van der Waals surface area contributed by atoms with Crippen LogP contribution in [0.4, 0.5) is 5.69 Å². The van der Waals surface area contributed by atoms with Gasteiger partial charge >= 0.3 is 0 Å². The van der Waals surface area contributed by atoms with Crippen LogP contribution in [-0.4, -0.2) is 12.5 Å². The van der Waals surface area contributed by atoms with Gasteiger partial charge in [-0.2, -0.15) is 0 Å². The zero-order valence-electron chi connectivity index (χ0n) is 8.23. The highest BCUT2D eigenvalue weighted by atomic mass is 79.9. The summed E-state index contributed by atoms with van der Waals surface area (Å²) in [5, 5.41) is 2.74. The fraction of sp³-hybridized carbons (Fsp3) is 0.300. The topological polar surface area (TPSA) is 55.1 Å². The average Bonchev–Trinajstić information content (AvgIpc) is 2.10. The van der Waals surface area contributed by atoms with Crippen molar-refractivity contribution in [3.63, 3.8) is 0 Å². The van der Waals surface area contributed by atoms with Gasteiger partial charge in [0, 0.05) is 4.47 Å². The Morgan fingerprint density at radius 1 is 1.50 bits per heavy atom. The van der Waals surface area contributed by atoms with Crippen molar-refractivity contribution in [2.45, 2.75) is 13.8 Å². The number of nitrogens with two attached hydrogens (primary N) is 1. The standard InChI is InChI=1S/C10H13BrN2O/c1-6-3-7(2)10(8(11)4-6)13-9(14)5-12/h3-4H,5,12H2,1-2H3,(H,13,14). The Hall–Kier alpha value is -0.870. The van der Waals surface area contributed by atoms with Gasteiger partial charge in [-0.05, 0) is 47.0 Å². The molecular formula is C10H13BrN2O. The highest BCUT2D eigenvalue weighted by Crippen LogP contribution is 2.27. The number of hydrogen-bond donors (Lipinski definition) is 2. The fourth-order valence-electron chi connectivity index (χ4n) is 1.26. The van der Waals surface area contributed by atoms with E-state index in [1.807, 2.05) is 26.0 Å². The number of carbonyl (C=O) groups is 1. The Morgan fingerprint density at radius 3 is 2.64 bits per heavy atom. The van der Waals surface area contributed by atoms with E-state index < -0.39 is 0 Å². The van der Waals surface area contributed by atoms with E-state index in [0.717, 1.165) is 21.3 Å². The van der Waals surface area contributed by atoms with Crippen molar-refractivity contribution in [2.24, 2.45) is 5.73 Å². The third-order valence-corrected chi connectivity index (χ3v) is 2.51. The Balaban J connectivity index is 3.02. The van der Waals surface area contributed by atoms with Crippen LogP contribution in [0.3, 0.4) is 0 Å². The van der Waals surface area contributed by atoms with Crippen LogP contribution in [0.5, 0.6) is 0 Å². The lowest BCUT2D eigenvalue weighted by Crippen LogP contribution is -2.22. The van der Waals surface area contributed by atoms with Gasteiger partial charge in [0.25, 0.3) is 0 Å². The normalized spacial score (nSPS) is 10.0. The SMILES string of the molecule is Cc1cc(C)c(NC(=O)CN)c(Br)c1. The minimum Gasteiger partial charge on any atom is -0.324 e. The van der Waals surface area contributed by atoms with Crippen LogP contribution in [-0.2, 0) is 4.79 Å². The molecule has 0 atom stereocenters. The van der Waals surface area contributed by atoms with E-state index in [1.165, 1.54) is 0 Å². The first-order valence-electron chi connectivity index (χ1n) is 4.31. The van der Waals surface area contributed by atoms with E-state index in [2.05, 4.69) is 21.2 Å². The number of anilines is 1. The molecule has 0 aliphatic rings. The molecule has 0 saturated heterocycles. The number of aryl methyl sites for hydroxylation is 2. The van der Waals surface area contributed by atoms with Crippen LogP contribution in [0.2, 0.25) is 0 Å².